The van der Waals surface area contributed by atoms with Crippen LogP contribution in [0, 0.1) is 0 Å². The van der Waals surface area contributed by atoms with Gasteiger partial charge in [-0.05, 0) is 16.3 Å². The zero-order valence-corrected chi connectivity index (χ0v) is 18.7. The molecule has 0 saturated heterocycles. The number of anilines is 1. The van der Waals surface area contributed by atoms with Crippen molar-refractivity contribution in [3.05, 3.63) is 71.9 Å². The zero-order valence-electron chi connectivity index (χ0n) is 17.9. The summed E-state index contributed by atoms with van der Waals surface area (Å²) in [5.41, 5.74) is 2.05. The van der Waals surface area contributed by atoms with Crippen molar-refractivity contribution in [3.63, 3.8) is 0 Å². The molecule has 0 atom stereocenters. The van der Waals surface area contributed by atoms with Crippen molar-refractivity contribution in [3.8, 4) is 17.2 Å². The van der Waals surface area contributed by atoms with Gasteiger partial charge in [0.15, 0.2) is 11.5 Å². The standard InChI is InChI=1S/C23H23N3O5S/c1-29-20-12-17(13-21(30-2)23(20)31-3)24-22-14-18(25-32(27,28)26-22)11-16-9-6-8-15-7-4-5-10-19(15)16/h4-10,12-14,25H,11H2,1-3H3,(H,24,26). The second-order valence-corrected chi connectivity index (χ2v) is 8.41. The molecule has 9 heteroatoms. The lowest BCUT2D eigenvalue weighted by atomic mass is 10.0. The van der Waals surface area contributed by atoms with Gasteiger partial charge in [-0.3, -0.25) is 4.72 Å². The highest BCUT2D eigenvalue weighted by Gasteiger charge is 2.20. The Bertz CT molecular complexity index is 1300. The number of amidine groups is 1. The van der Waals surface area contributed by atoms with E-state index in [-0.39, 0.29) is 5.84 Å². The molecular formula is C23H23N3O5S. The van der Waals surface area contributed by atoms with Crippen LogP contribution < -0.4 is 24.2 Å². The fourth-order valence-corrected chi connectivity index (χ4v) is 4.50. The van der Waals surface area contributed by atoms with Crippen LogP contribution in [0.2, 0.25) is 0 Å². The summed E-state index contributed by atoms with van der Waals surface area (Å²) in [5.74, 6) is 1.49. The van der Waals surface area contributed by atoms with Crippen LogP contribution in [0.25, 0.3) is 10.8 Å². The van der Waals surface area contributed by atoms with Crippen molar-refractivity contribution in [2.45, 2.75) is 6.42 Å². The Morgan fingerprint density at radius 3 is 2.31 bits per heavy atom. The number of methoxy groups -OCH3 is 3. The molecule has 2 N–H and O–H groups in total. The lowest BCUT2D eigenvalue weighted by molar-refractivity contribution is 0.324. The number of nitrogens with zero attached hydrogens (tertiary/aromatic N) is 1. The Labute approximate surface area is 186 Å². The van der Waals surface area contributed by atoms with E-state index in [9.17, 15) is 8.42 Å². The van der Waals surface area contributed by atoms with Crippen LogP contribution in [0.4, 0.5) is 5.69 Å². The summed E-state index contributed by atoms with van der Waals surface area (Å²) in [5, 5.41) is 5.19. The summed E-state index contributed by atoms with van der Waals surface area (Å²) in [6.07, 6.45) is 2.07. The highest BCUT2D eigenvalue weighted by Crippen LogP contribution is 2.40. The summed E-state index contributed by atoms with van der Waals surface area (Å²) < 4.78 is 47.2. The maximum Gasteiger partial charge on any atom is 0.343 e. The molecule has 1 aliphatic heterocycles. The number of nitrogens with one attached hydrogen (secondary N) is 2. The molecule has 32 heavy (non-hydrogen) atoms. The molecule has 0 radical (unpaired) electrons. The van der Waals surface area contributed by atoms with Gasteiger partial charge in [-0.1, -0.05) is 42.5 Å². The summed E-state index contributed by atoms with van der Waals surface area (Å²) >= 11 is 0. The first kappa shape index (κ1) is 21.5. The van der Waals surface area contributed by atoms with Gasteiger partial charge in [0.05, 0.1) is 21.3 Å². The molecular weight excluding hydrogens is 430 g/mol. The summed E-state index contributed by atoms with van der Waals surface area (Å²) in [4.78, 5) is 0. The Hall–Kier alpha value is -3.72. The molecule has 8 nitrogen and oxygen atoms in total. The number of hydrogen-bond donors (Lipinski definition) is 2. The van der Waals surface area contributed by atoms with Crippen LogP contribution in [-0.2, 0) is 16.6 Å². The van der Waals surface area contributed by atoms with E-state index >= 15 is 0 Å². The molecule has 0 saturated carbocycles. The first-order chi connectivity index (χ1) is 15.4. The molecule has 1 aliphatic rings. The number of allylic oxidation sites excluding steroid dienone is 1. The molecule has 3 aromatic rings. The van der Waals surface area contributed by atoms with Crippen LogP contribution in [0.5, 0.6) is 17.2 Å². The quantitative estimate of drug-likeness (QED) is 0.591. The summed E-state index contributed by atoms with van der Waals surface area (Å²) in [6.45, 7) is 0. The van der Waals surface area contributed by atoms with E-state index in [1.165, 1.54) is 21.3 Å². The largest absolute Gasteiger partial charge is 0.493 e. The third-order valence-corrected chi connectivity index (χ3v) is 5.94. The lowest BCUT2D eigenvalue weighted by Crippen LogP contribution is -2.30. The van der Waals surface area contributed by atoms with Crippen LogP contribution in [-0.4, -0.2) is 35.6 Å². The molecule has 0 unspecified atom stereocenters. The zero-order chi connectivity index (χ0) is 22.7. The van der Waals surface area contributed by atoms with Gasteiger partial charge in [-0.25, -0.2) is 0 Å². The van der Waals surface area contributed by atoms with Crippen LogP contribution in [0.1, 0.15) is 5.56 Å². The van der Waals surface area contributed by atoms with Crippen molar-refractivity contribution < 1.29 is 22.6 Å². The average Bonchev–Trinajstić information content (AvgIpc) is 2.77. The van der Waals surface area contributed by atoms with E-state index in [1.54, 1.807) is 18.2 Å². The van der Waals surface area contributed by atoms with Gasteiger partial charge in [0, 0.05) is 36.0 Å². The van der Waals surface area contributed by atoms with Crippen molar-refractivity contribution in [1.82, 2.24) is 4.72 Å². The number of fused-ring (bicyclic) bond motifs is 1. The minimum atomic E-state index is -3.90. The molecule has 3 aromatic carbocycles. The average molecular weight is 454 g/mol. The molecule has 166 valence electrons. The molecule has 0 amide bonds. The van der Waals surface area contributed by atoms with Gasteiger partial charge in [0.2, 0.25) is 5.75 Å². The Kier molecular flexibility index (Phi) is 5.91. The van der Waals surface area contributed by atoms with Crippen LogP contribution >= 0.6 is 0 Å². The predicted molar refractivity (Wildman–Crippen MR) is 125 cm³/mol. The van der Waals surface area contributed by atoms with Gasteiger partial charge in [0.25, 0.3) is 0 Å². The van der Waals surface area contributed by atoms with Crippen molar-refractivity contribution in [2.75, 3.05) is 26.6 Å². The number of ether oxygens (including phenoxy) is 3. The van der Waals surface area contributed by atoms with Crippen molar-refractivity contribution in [2.24, 2.45) is 4.40 Å². The van der Waals surface area contributed by atoms with E-state index in [1.807, 2.05) is 42.5 Å². The fraction of sp³-hybridized carbons (Fsp3) is 0.174. The van der Waals surface area contributed by atoms with E-state index < -0.39 is 10.2 Å². The first-order valence-corrected chi connectivity index (χ1v) is 11.2. The Balaban J connectivity index is 1.67. The maximum absolute atomic E-state index is 12.4. The SMILES string of the molecule is COc1cc(NC2=NS(=O)(=O)NC(Cc3cccc4ccccc34)=C2)cc(OC)c1OC. The van der Waals surface area contributed by atoms with Gasteiger partial charge in [0.1, 0.15) is 5.84 Å². The normalized spacial score (nSPS) is 14.7. The topological polar surface area (TPSA) is 98.2 Å². The van der Waals surface area contributed by atoms with Crippen molar-refractivity contribution in [1.29, 1.82) is 0 Å². The molecule has 1 heterocycles. The summed E-state index contributed by atoms with van der Waals surface area (Å²) in [7, 11) is 0.634. The van der Waals surface area contributed by atoms with Gasteiger partial charge in [-0.2, -0.15) is 8.42 Å². The lowest BCUT2D eigenvalue weighted by Gasteiger charge is -2.19. The van der Waals surface area contributed by atoms with Crippen molar-refractivity contribution >= 4 is 32.5 Å². The molecule has 4 rings (SSSR count). The maximum atomic E-state index is 12.4. The van der Waals surface area contributed by atoms with Gasteiger partial charge >= 0.3 is 10.2 Å². The van der Waals surface area contributed by atoms with E-state index in [2.05, 4.69) is 14.4 Å². The Morgan fingerprint density at radius 2 is 1.62 bits per heavy atom. The number of hydrogen-bond acceptors (Lipinski definition) is 6. The minimum Gasteiger partial charge on any atom is -0.493 e. The second-order valence-electron chi connectivity index (χ2n) is 7.08. The smallest absolute Gasteiger partial charge is 0.343 e. The number of benzene rings is 3. The molecule has 0 spiro atoms. The van der Waals surface area contributed by atoms with Gasteiger partial charge in [-0.15, -0.1) is 4.40 Å². The third kappa shape index (κ3) is 4.47. The molecule has 0 fully saturated rings. The van der Waals surface area contributed by atoms with Gasteiger partial charge < -0.3 is 19.5 Å². The molecule has 0 aromatic heterocycles. The number of rotatable bonds is 6. The fourth-order valence-electron chi connectivity index (χ4n) is 3.64. The first-order valence-electron chi connectivity index (χ1n) is 9.79. The van der Waals surface area contributed by atoms with Crippen LogP contribution in [0.3, 0.4) is 0 Å². The van der Waals surface area contributed by atoms with E-state index in [4.69, 9.17) is 14.2 Å². The Morgan fingerprint density at radius 1 is 0.938 bits per heavy atom. The summed E-state index contributed by atoms with van der Waals surface area (Å²) in [6, 6.07) is 17.3. The third-order valence-electron chi connectivity index (χ3n) is 4.99. The van der Waals surface area contributed by atoms with E-state index in [0.717, 1.165) is 16.3 Å². The highest BCUT2D eigenvalue weighted by atomic mass is 32.2. The second kappa shape index (κ2) is 8.80. The van der Waals surface area contributed by atoms with Crippen LogP contribution in [0.15, 0.2) is 70.8 Å². The highest BCUT2D eigenvalue weighted by molar-refractivity contribution is 7.88. The molecule has 0 aliphatic carbocycles. The minimum absolute atomic E-state index is 0.174. The predicted octanol–water partition coefficient (Wildman–Crippen LogP) is 3.65. The van der Waals surface area contributed by atoms with E-state index in [0.29, 0.717) is 35.1 Å². The monoisotopic (exact) mass is 453 g/mol. The molecule has 0 bridgehead atoms.